The largest absolute Gasteiger partial charge is 0.504 e. The Morgan fingerprint density at radius 3 is 2.09 bits per heavy atom. The minimum Gasteiger partial charge on any atom is -0.504 e. The van der Waals surface area contributed by atoms with Crippen molar-refractivity contribution < 1.29 is 50.1 Å². The van der Waals surface area contributed by atoms with Gasteiger partial charge in [-0.3, -0.25) is 4.79 Å². The minimum absolute atomic E-state index is 0.0180. The number of carboxylic acid groups (broad SMARTS) is 1. The van der Waals surface area contributed by atoms with Gasteiger partial charge in [-0.15, -0.1) is 0 Å². The van der Waals surface area contributed by atoms with Crippen LogP contribution in [-0.4, -0.2) is 72.6 Å². The molecule has 47 heavy (non-hydrogen) atoms. The van der Waals surface area contributed by atoms with E-state index in [2.05, 4.69) is 40.7 Å². The first-order valence-corrected chi connectivity index (χ1v) is 17.1. The summed E-state index contributed by atoms with van der Waals surface area (Å²) in [5.41, 5.74) is -2.52. The van der Waals surface area contributed by atoms with E-state index in [4.69, 9.17) is 4.74 Å². The van der Waals surface area contributed by atoms with Crippen LogP contribution in [-0.2, 0) is 9.53 Å². The van der Waals surface area contributed by atoms with E-state index in [-0.39, 0.29) is 41.3 Å². The van der Waals surface area contributed by atoms with Crippen LogP contribution < -0.4 is 0 Å². The second kappa shape index (κ2) is 10.6. The molecule has 4 saturated carbocycles. The molecule has 4 fully saturated rings. The predicted molar refractivity (Wildman–Crippen MR) is 172 cm³/mol. The lowest BCUT2D eigenvalue weighted by Gasteiger charge is -2.72. The number of aromatic hydroxyl groups is 3. The molecule has 5 aliphatic carbocycles. The van der Waals surface area contributed by atoms with Crippen molar-refractivity contribution in [3.63, 3.8) is 0 Å². The Balaban J connectivity index is 1.37. The van der Waals surface area contributed by atoms with Gasteiger partial charge in [0.1, 0.15) is 0 Å². The number of benzene rings is 1. The first-order valence-electron chi connectivity index (χ1n) is 17.1. The molecule has 0 radical (unpaired) electrons. The van der Waals surface area contributed by atoms with Crippen molar-refractivity contribution in [1.29, 1.82) is 0 Å². The van der Waals surface area contributed by atoms with Gasteiger partial charge < -0.3 is 40.5 Å². The summed E-state index contributed by atoms with van der Waals surface area (Å²) in [7, 11) is 0. The monoisotopic (exact) mass is 656 g/mol. The Bertz CT molecular complexity index is 1490. The molecule has 1 aromatic rings. The van der Waals surface area contributed by atoms with Crippen molar-refractivity contribution in [2.24, 2.45) is 50.2 Å². The summed E-state index contributed by atoms with van der Waals surface area (Å²) >= 11 is 0. The molecule has 1 aromatic carbocycles. The van der Waals surface area contributed by atoms with Crippen LogP contribution in [0.4, 0.5) is 0 Å². The van der Waals surface area contributed by atoms with Crippen LogP contribution in [0.2, 0.25) is 0 Å². The van der Waals surface area contributed by atoms with Gasteiger partial charge in [0.15, 0.2) is 17.2 Å². The molecule has 0 spiro atoms. The van der Waals surface area contributed by atoms with Gasteiger partial charge in [0.2, 0.25) is 0 Å². The number of carbonyl (C=O) groups excluding carboxylic acids is 1. The highest BCUT2D eigenvalue weighted by atomic mass is 16.5. The molecule has 0 aromatic heterocycles. The molecule has 0 heterocycles. The number of carbonyl (C=O) groups is 2. The fourth-order valence-corrected chi connectivity index (χ4v) is 12.0. The molecular formula is C37H52O10. The third-order valence-electron chi connectivity index (χ3n) is 14.5. The summed E-state index contributed by atoms with van der Waals surface area (Å²) in [4.78, 5) is 26.0. The standard InChI is InChI=1S/C37H52O10/c1-32(2)9-11-37(31(45)46)12-10-35(5)20(21(37)15-32)7-8-26-33(3)16-25(41)29(43)34(4,28(33)24(40)17-36(26,35)6)18-47-30(44)19-13-22(38)27(42)23(39)14-19/h7,13-14,21,24-26,28-29,38-43H,8-12,15-18H2,1-6H3,(H,45,46). The van der Waals surface area contributed by atoms with E-state index < -0.39 is 75.1 Å². The Kier molecular flexibility index (Phi) is 7.67. The number of aliphatic hydroxyl groups is 3. The van der Waals surface area contributed by atoms with Crippen LogP contribution in [0.3, 0.4) is 0 Å². The third kappa shape index (κ3) is 4.60. The van der Waals surface area contributed by atoms with Crippen molar-refractivity contribution in [3.8, 4) is 17.2 Å². The van der Waals surface area contributed by atoms with Crippen molar-refractivity contribution in [1.82, 2.24) is 0 Å². The van der Waals surface area contributed by atoms with Gasteiger partial charge in [-0.1, -0.05) is 53.2 Å². The molecule has 5 aliphatic rings. The average Bonchev–Trinajstić information content (AvgIpc) is 2.97. The van der Waals surface area contributed by atoms with Gasteiger partial charge in [0.05, 0.1) is 35.9 Å². The fourth-order valence-electron chi connectivity index (χ4n) is 12.0. The number of esters is 1. The lowest BCUT2D eigenvalue weighted by Crippen LogP contribution is -2.71. The summed E-state index contributed by atoms with van der Waals surface area (Å²) in [6, 6.07) is 1.94. The first kappa shape index (κ1) is 34.1. The Labute approximate surface area is 276 Å². The zero-order valence-corrected chi connectivity index (χ0v) is 28.4. The van der Waals surface area contributed by atoms with E-state index in [0.29, 0.717) is 32.1 Å². The van der Waals surface area contributed by atoms with Crippen molar-refractivity contribution in [2.75, 3.05) is 6.61 Å². The quantitative estimate of drug-likeness (QED) is 0.130. The topological polar surface area (TPSA) is 185 Å². The number of phenols is 3. The number of allylic oxidation sites excluding steroid dienone is 2. The molecular weight excluding hydrogens is 604 g/mol. The van der Waals surface area contributed by atoms with Gasteiger partial charge in [0.25, 0.3) is 0 Å². The van der Waals surface area contributed by atoms with E-state index in [9.17, 15) is 45.3 Å². The summed E-state index contributed by atoms with van der Waals surface area (Å²) in [6.45, 7) is 12.4. The lowest BCUT2D eigenvalue weighted by molar-refractivity contribution is -0.273. The summed E-state index contributed by atoms with van der Waals surface area (Å²) in [5.74, 6) is -4.43. The maximum Gasteiger partial charge on any atom is 0.338 e. The van der Waals surface area contributed by atoms with E-state index >= 15 is 0 Å². The molecule has 0 bridgehead atoms. The Morgan fingerprint density at radius 2 is 1.47 bits per heavy atom. The fraction of sp³-hybridized carbons (Fsp3) is 0.730. The summed E-state index contributed by atoms with van der Waals surface area (Å²) < 4.78 is 5.67. The number of aliphatic hydroxyl groups excluding tert-OH is 3. The molecule has 6 rings (SSSR count). The molecule has 0 saturated heterocycles. The smallest absolute Gasteiger partial charge is 0.338 e. The maximum absolute atomic E-state index is 13.1. The number of phenolic OH excluding ortho intramolecular Hbond substituents is 3. The lowest BCUT2D eigenvalue weighted by atomic mass is 9.33. The van der Waals surface area contributed by atoms with Crippen LogP contribution in [0.1, 0.15) is 103 Å². The maximum atomic E-state index is 13.1. The van der Waals surface area contributed by atoms with Crippen LogP contribution >= 0.6 is 0 Å². The van der Waals surface area contributed by atoms with Crippen molar-refractivity contribution in [2.45, 2.75) is 111 Å². The van der Waals surface area contributed by atoms with E-state index in [1.54, 1.807) is 6.92 Å². The summed E-state index contributed by atoms with van der Waals surface area (Å²) in [6.07, 6.45) is 3.80. The van der Waals surface area contributed by atoms with Crippen molar-refractivity contribution >= 4 is 11.9 Å². The molecule has 10 heteroatoms. The number of carboxylic acids is 1. The molecule has 7 N–H and O–H groups in total. The van der Waals surface area contributed by atoms with Crippen LogP contribution in [0.5, 0.6) is 17.2 Å². The van der Waals surface area contributed by atoms with Gasteiger partial charge in [-0.25, -0.2) is 4.79 Å². The second-order valence-corrected chi connectivity index (χ2v) is 17.5. The average molecular weight is 657 g/mol. The molecule has 11 unspecified atom stereocenters. The van der Waals surface area contributed by atoms with Gasteiger partial charge in [-0.2, -0.15) is 0 Å². The highest BCUT2D eigenvalue weighted by Crippen LogP contribution is 2.75. The molecule has 10 nitrogen and oxygen atoms in total. The summed E-state index contributed by atoms with van der Waals surface area (Å²) in [5, 5.41) is 75.3. The van der Waals surface area contributed by atoms with Gasteiger partial charge >= 0.3 is 11.9 Å². The zero-order chi connectivity index (χ0) is 34.7. The minimum atomic E-state index is -1.31. The third-order valence-corrected chi connectivity index (χ3v) is 14.5. The molecule has 0 amide bonds. The molecule has 0 aliphatic heterocycles. The first-order chi connectivity index (χ1) is 21.7. The number of fused-ring (bicyclic) bond motifs is 7. The predicted octanol–water partition coefficient (Wildman–Crippen LogP) is 5.13. The van der Waals surface area contributed by atoms with Crippen LogP contribution in [0.15, 0.2) is 23.8 Å². The number of aliphatic carboxylic acids is 1. The van der Waals surface area contributed by atoms with E-state index in [1.807, 2.05) is 0 Å². The van der Waals surface area contributed by atoms with Crippen LogP contribution in [0, 0.1) is 50.2 Å². The van der Waals surface area contributed by atoms with E-state index in [1.165, 1.54) is 5.57 Å². The zero-order valence-electron chi connectivity index (χ0n) is 28.4. The number of hydrogen-bond donors (Lipinski definition) is 7. The van der Waals surface area contributed by atoms with Crippen LogP contribution in [0.25, 0.3) is 0 Å². The van der Waals surface area contributed by atoms with Gasteiger partial charge in [0, 0.05) is 11.3 Å². The molecule has 11 atom stereocenters. The number of ether oxygens (including phenoxy) is 1. The normalized spacial score (nSPS) is 45.3. The Hall–Kier alpha value is -2.82. The van der Waals surface area contributed by atoms with Crippen molar-refractivity contribution in [3.05, 3.63) is 29.3 Å². The van der Waals surface area contributed by atoms with Gasteiger partial charge in [-0.05, 0) is 97.0 Å². The van der Waals surface area contributed by atoms with E-state index in [0.717, 1.165) is 25.0 Å². The number of hydrogen-bond acceptors (Lipinski definition) is 9. The SMILES string of the molecule is CC1(C)CCC2(C(=O)O)CCC3(C)C(=CCC4C5(C)CC(O)C(O)C(C)(COC(=O)c6cc(O)c(O)c(O)c6)C5C(O)CC43C)C2C1. The Morgan fingerprint density at radius 1 is 0.851 bits per heavy atom. The number of rotatable bonds is 4. The second-order valence-electron chi connectivity index (χ2n) is 17.5. The highest BCUT2D eigenvalue weighted by molar-refractivity contribution is 5.91. The molecule has 260 valence electrons. The highest BCUT2D eigenvalue weighted by Gasteiger charge is 2.72.